The molecule has 0 atom stereocenters. The van der Waals surface area contributed by atoms with Crippen LogP contribution in [0.3, 0.4) is 0 Å². The fourth-order valence-corrected chi connectivity index (χ4v) is 2.88. The summed E-state index contributed by atoms with van der Waals surface area (Å²) in [5.74, 6) is 0.362. The minimum absolute atomic E-state index is 0.415. The van der Waals surface area contributed by atoms with Gasteiger partial charge in [-0.3, -0.25) is 4.79 Å². The Bertz CT molecular complexity index is 676. The van der Waals surface area contributed by atoms with Gasteiger partial charge in [0.2, 0.25) is 5.91 Å². The van der Waals surface area contributed by atoms with Crippen molar-refractivity contribution in [1.82, 2.24) is 10.6 Å². The number of aryl methyl sites for hydroxylation is 1. The number of carbonyl (C=O) groups is 1. The van der Waals surface area contributed by atoms with Crippen molar-refractivity contribution in [2.45, 2.75) is 26.9 Å². The minimum atomic E-state index is -0.415. The molecule has 1 heterocycles. The van der Waals surface area contributed by atoms with E-state index in [4.69, 9.17) is 5.73 Å². The number of benzene rings is 1. The van der Waals surface area contributed by atoms with Gasteiger partial charge in [-0.2, -0.15) is 0 Å². The lowest BCUT2D eigenvalue weighted by atomic mass is 10.1. The quantitative estimate of drug-likeness (QED) is 0.562. The molecule has 2 aromatic rings. The Kier molecular flexibility index (Phi) is 6.17. The maximum Gasteiger partial charge on any atom is 0.248 e. The van der Waals surface area contributed by atoms with E-state index in [2.05, 4.69) is 34.0 Å². The van der Waals surface area contributed by atoms with Gasteiger partial charge >= 0.3 is 0 Å². The van der Waals surface area contributed by atoms with Crippen LogP contribution in [0.15, 0.2) is 40.7 Å². The number of aliphatic imine (C=N–C) groups is 1. The molecule has 0 bridgehead atoms. The number of rotatable bonds is 6. The number of hydrogen-bond acceptors (Lipinski definition) is 3. The van der Waals surface area contributed by atoms with Crippen molar-refractivity contribution in [3.05, 3.63) is 57.3 Å². The first-order chi connectivity index (χ1) is 11.1. The molecule has 0 saturated heterocycles. The lowest BCUT2D eigenvalue weighted by molar-refractivity contribution is 0.100. The average Bonchev–Trinajstić information content (AvgIpc) is 2.95. The molecule has 6 heteroatoms. The molecular formula is C17H22N4OS. The summed E-state index contributed by atoms with van der Waals surface area (Å²) in [7, 11) is 0. The lowest BCUT2D eigenvalue weighted by Crippen LogP contribution is -2.36. The van der Waals surface area contributed by atoms with Gasteiger partial charge in [0.1, 0.15) is 0 Å². The Labute approximate surface area is 140 Å². The van der Waals surface area contributed by atoms with Crippen LogP contribution in [0.1, 0.15) is 33.3 Å². The van der Waals surface area contributed by atoms with Gasteiger partial charge in [0.15, 0.2) is 5.96 Å². The van der Waals surface area contributed by atoms with Gasteiger partial charge in [0.05, 0.1) is 13.1 Å². The summed E-state index contributed by atoms with van der Waals surface area (Å²) in [6.45, 7) is 6.25. The normalized spacial score (nSPS) is 11.3. The third-order valence-electron chi connectivity index (χ3n) is 3.39. The smallest absolute Gasteiger partial charge is 0.248 e. The molecule has 0 unspecified atom stereocenters. The van der Waals surface area contributed by atoms with Crippen molar-refractivity contribution in [2.75, 3.05) is 6.54 Å². The molecule has 122 valence electrons. The molecule has 0 fully saturated rings. The fraction of sp³-hybridized carbons (Fsp3) is 0.294. The van der Waals surface area contributed by atoms with E-state index in [1.54, 1.807) is 23.5 Å². The van der Waals surface area contributed by atoms with E-state index >= 15 is 0 Å². The molecule has 2 rings (SSSR count). The van der Waals surface area contributed by atoms with Crippen molar-refractivity contribution < 1.29 is 4.79 Å². The predicted molar refractivity (Wildman–Crippen MR) is 95.7 cm³/mol. The number of nitrogens with zero attached hydrogens (tertiary/aromatic N) is 1. The number of guanidine groups is 1. The molecule has 4 N–H and O–H groups in total. The summed E-state index contributed by atoms with van der Waals surface area (Å²) >= 11 is 1.74. The summed E-state index contributed by atoms with van der Waals surface area (Å²) in [4.78, 5) is 16.9. The molecule has 1 aromatic heterocycles. The summed E-state index contributed by atoms with van der Waals surface area (Å²) in [6.07, 6.45) is 0. The van der Waals surface area contributed by atoms with E-state index in [1.165, 1.54) is 10.4 Å². The lowest BCUT2D eigenvalue weighted by Gasteiger charge is -2.11. The molecule has 5 nitrogen and oxygen atoms in total. The number of carbonyl (C=O) groups excluding carboxylic acids is 1. The SMILES string of the molecule is CCNC(=NCc1ccc(C(N)=O)cc1)NCc1sccc1C. The van der Waals surface area contributed by atoms with Crippen LogP contribution in [0.4, 0.5) is 0 Å². The Morgan fingerprint density at radius 1 is 1.22 bits per heavy atom. The number of thiophene rings is 1. The molecule has 0 aliphatic carbocycles. The monoisotopic (exact) mass is 330 g/mol. The van der Waals surface area contributed by atoms with E-state index in [-0.39, 0.29) is 0 Å². The van der Waals surface area contributed by atoms with E-state index in [1.807, 2.05) is 19.1 Å². The van der Waals surface area contributed by atoms with Crippen LogP contribution in [0.25, 0.3) is 0 Å². The molecule has 1 amide bonds. The van der Waals surface area contributed by atoms with Crippen molar-refractivity contribution in [2.24, 2.45) is 10.7 Å². The summed E-state index contributed by atoms with van der Waals surface area (Å²) in [6, 6.07) is 9.31. The van der Waals surface area contributed by atoms with Gasteiger partial charge in [-0.1, -0.05) is 12.1 Å². The zero-order chi connectivity index (χ0) is 16.7. The number of amides is 1. The number of nitrogens with one attached hydrogen (secondary N) is 2. The van der Waals surface area contributed by atoms with E-state index in [0.717, 1.165) is 24.6 Å². The highest BCUT2D eigenvalue weighted by atomic mass is 32.1. The van der Waals surface area contributed by atoms with E-state index in [9.17, 15) is 4.79 Å². The van der Waals surface area contributed by atoms with Crippen molar-refractivity contribution in [3.63, 3.8) is 0 Å². The molecule has 0 radical (unpaired) electrons. The molecule has 0 saturated carbocycles. The van der Waals surface area contributed by atoms with Crippen LogP contribution in [-0.4, -0.2) is 18.4 Å². The molecule has 23 heavy (non-hydrogen) atoms. The maximum atomic E-state index is 11.1. The second kappa shape index (κ2) is 8.33. The number of nitrogens with two attached hydrogens (primary N) is 1. The van der Waals surface area contributed by atoms with Crippen molar-refractivity contribution in [3.8, 4) is 0 Å². The van der Waals surface area contributed by atoms with Gasteiger partial charge in [-0.25, -0.2) is 4.99 Å². The Morgan fingerprint density at radius 2 is 1.96 bits per heavy atom. The van der Waals surface area contributed by atoms with Gasteiger partial charge in [-0.05, 0) is 48.6 Å². The zero-order valence-electron chi connectivity index (χ0n) is 13.4. The second-order valence-electron chi connectivity index (χ2n) is 5.14. The number of hydrogen-bond donors (Lipinski definition) is 3. The highest BCUT2D eigenvalue weighted by Crippen LogP contribution is 2.14. The first-order valence-electron chi connectivity index (χ1n) is 7.54. The predicted octanol–water partition coefficient (Wildman–Crippen LogP) is 2.41. The summed E-state index contributed by atoms with van der Waals surface area (Å²) < 4.78 is 0. The maximum absolute atomic E-state index is 11.1. The Morgan fingerprint density at radius 3 is 2.52 bits per heavy atom. The summed E-state index contributed by atoms with van der Waals surface area (Å²) in [5.41, 5.74) is 8.07. The summed E-state index contributed by atoms with van der Waals surface area (Å²) in [5, 5.41) is 8.67. The largest absolute Gasteiger partial charge is 0.366 e. The number of primary amides is 1. The highest BCUT2D eigenvalue weighted by molar-refractivity contribution is 7.10. The van der Waals surface area contributed by atoms with E-state index in [0.29, 0.717) is 12.1 Å². The van der Waals surface area contributed by atoms with Gasteiger partial charge in [0.25, 0.3) is 0 Å². The van der Waals surface area contributed by atoms with Gasteiger partial charge in [-0.15, -0.1) is 11.3 Å². The van der Waals surface area contributed by atoms with Gasteiger partial charge in [0, 0.05) is 17.0 Å². The van der Waals surface area contributed by atoms with Crippen molar-refractivity contribution >= 4 is 23.2 Å². The molecular weight excluding hydrogens is 308 g/mol. The van der Waals surface area contributed by atoms with Crippen LogP contribution in [0, 0.1) is 6.92 Å². The zero-order valence-corrected chi connectivity index (χ0v) is 14.2. The molecule has 0 aliphatic rings. The molecule has 0 aliphatic heterocycles. The van der Waals surface area contributed by atoms with E-state index < -0.39 is 5.91 Å². The van der Waals surface area contributed by atoms with Crippen LogP contribution in [0.2, 0.25) is 0 Å². The molecule has 0 spiro atoms. The standard InChI is InChI=1S/C17H22N4OS/c1-3-19-17(21-11-15-12(2)8-9-23-15)20-10-13-4-6-14(7-5-13)16(18)22/h4-9H,3,10-11H2,1-2H3,(H2,18,22)(H2,19,20,21). The molecule has 1 aromatic carbocycles. The third-order valence-corrected chi connectivity index (χ3v) is 4.41. The second-order valence-corrected chi connectivity index (χ2v) is 6.14. The van der Waals surface area contributed by atoms with Crippen LogP contribution in [0.5, 0.6) is 0 Å². The van der Waals surface area contributed by atoms with Crippen LogP contribution < -0.4 is 16.4 Å². The van der Waals surface area contributed by atoms with Crippen LogP contribution >= 0.6 is 11.3 Å². The van der Waals surface area contributed by atoms with Gasteiger partial charge < -0.3 is 16.4 Å². The minimum Gasteiger partial charge on any atom is -0.366 e. The Balaban J connectivity index is 1.97. The average molecular weight is 330 g/mol. The highest BCUT2D eigenvalue weighted by Gasteiger charge is 2.03. The first kappa shape index (κ1) is 17.0. The fourth-order valence-electron chi connectivity index (χ4n) is 2.04. The Hall–Kier alpha value is -2.34. The third kappa shape index (κ3) is 5.10. The van der Waals surface area contributed by atoms with Crippen LogP contribution in [-0.2, 0) is 13.1 Å². The topological polar surface area (TPSA) is 79.5 Å². The van der Waals surface area contributed by atoms with Crippen molar-refractivity contribution in [1.29, 1.82) is 0 Å². The first-order valence-corrected chi connectivity index (χ1v) is 8.42.